The molecule has 0 aliphatic carbocycles. The zero-order valence-corrected chi connectivity index (χ0v) is 11.3. The Morgan fingerprint density at radius 1 is 1.28 bits per heavy atom. The number of anilines is 1. The van der Waals surface area contributed by atoms with Gasteiger partial charge in [0.15, 0.2) is 0 Å². The summed E-state index contributed by atoms with van der Waals surface area (Å²) in [6.45, 7) is 2.63. The van der Waals surface area contributed by atoms with E-state index in [1.54, 1.807) is 11.3 Å². The van der Waals surface area contributed by atoms with Crippen molar-refractivity contribution in [1.82, 2.24) is 5.32 Å². The van der Waals surface area contributed by atoms with Gasteiger partial charge in [0.05, 0.1) is 5.56 Å². The van der Waals surface area contributed by atoms with Crippen molar-refractivity contribution < 1.29 is 4.79 Å². The van der Waals surface area contributed by atoms with Crippen LogP contribution in [0.3, 0.4) is 0 Å². The van der Waals surface area contributed by atoms with Gasteiger partial charge in [-0.2, -0.15) is 11.3 Å². The summed E-state index contributed by atoms with van der Waals surface area (Å²) in [5, 5.41) is 10.1. The van der Waals surface area contributed by atoms with Crippen molar-refractivity contribution in [2.24, 2.45) is 0 Å². The number of benzene rings is 1. The predicted octanol–water partition coefficient (Wildman–Crippen LogP) is 3.03. The normalized spacial score (nSPS) is 10.1. The van der Waals surface area contributed by atoms with Crippen LogP contribution in [0.2, 0.25) is 0 Å². The van der Waals surface area contributed by atoms with Crippen LogP contribution >= 0.6 is 11.3 Å². The quantitative estimate of drug-likeness (QED) is 0.887. The predicted molar refractivity (Wildman–Crippen MR) is 76.2 cm³/mol. The summed E-state index contributed by atoms with van der Waals surface area (Å²) in [4.78, 5) is 12.1. The molecule has 1 amide bonds. The smallest absolute Gasteiger partial charge is 0.253 e. The Hall–Kier alpha value is -1.81. The van der Waals surface area contributed by atoms with Crippen molar-refractivity contribution in [3.05, 3.63) is 51.7 Å². The molecule has 0 saturated carbocycles. The number of nitrogens with one attached hydrogen (secondary N) is 2. The van der Waals surface area contributed by atoms with Crippen LogP contribution in [0.25, 0.3) is 0 Å². The van der Waals surface area contributed by atoms with Crippen LogP contribution in [-0.2, 0) is 6.54 Å². The highest BCUT2D eigenvalue weighted by molar-refractivity contribution is 7.08. The molecule has 0 aliphatic heterocycles. The molecule has 94 valence electrons. The number of para-hydroxylation sites is 1. The molecule has 18 heavy (non-hydrogen) atoms. The highest BCUT2D eigenvalue weighted by Crippen LogP contribution is 2.16. The second kappa shape index (κ2) is 5.69. The summed E-state index contributed by atoms with van der Waals surface area (Å²) >= 11 is 1.66. The maximum Gasteiger partial charge on any atom is 0.253 e. The minimum absolute atomic E-state index is 0.0504. The Morgan fingerprint density at radius 3 is 2.72 bits per heavy atom. The standard InChI is InChI=1S/C14H16N2OS/c1-10-8-18-9-11(10)7-16-14(17)12-5-3-4-6-13(12)15-2/h3-6,8-9,15H,7H2,1-2H3,(H,16,17). The first-order chi connectivity index (χ1) is 8.72. The van der Waals surface area contributed by atoms with E-state index < -0.39 is 0 Å². The fraction of sp³-hybridized carbons (Fsp3) is 0.214. The average molecular weight is 260 g/mol. The van der Waals surface area contributed by atoms with Crippen LogP contribution in [0.15, 0.2) is 35.0 Å². The van der Waals surface area contributed by atoms with E-state index in [0.717, 1.165) is 5.69 Å². The van der Waals surface area contributed by atoms with Crippen LogP contribution in [-0.4, -0.2) is 13.0 Å². The van der Waals surface area contributed by atoms with Gasteiger partial charge < -0.3 is 10.6 Å². The monoisotopic (exact) mass is 260 g/mol. The Balaban J connectivity index is 2.06. The highest BCUT2D eigenvalue weighted by atomic mass is 32.1. The Morgan fingerprint density at radius 2 is 2.06 bits per heavy atom. The lowest BCUT2D eigenvalue weighted by Gasteiger charge is -2.09. The highest BCUT2D eigenvalue weighted by Gasteiger charge is 2.10. The van der Waals surface area contributed by atoms with Gasteiger partial charge >= 0.3 is 0 Å². The molecule has 0 radical (unpaired) electrons. The SMILES string of the molecule is CNc1ccccc1C(=O)NCc1cscc1C. The van der Waals surface area contributed by atoms with Crippen molar-refractivity contribution >= 4 is 22.9 Å². The van der Waals surface area contributed by atoms with Crippen LogP contribution in [0.4, 0.5) is 5.69 Å². The molecule has 2 N–H and O–H groups in total. The third-order valence-electron chi connectivity index (χ3n) is 2.84. The largest absolute Gasteiger partial charge is 0.387 e. The molecule has 2 rings (SSSR count). The first kappa shape index (κ1) is 12.6. The molecule has 1 aromatic carbocycles. The average Bonchev–Trinajstić information content (AvgIpc) is 2.81. The summed E-state index contributed by atoms with van der Waals surface area (Å²) in [5.74, 6) is -0.0504. The number of hydrogen-bond donors (Lipinski definition) is 2. The molecular formula is C14H16N2OS. The molecule has 0 saturated heterocycles. The van der Waals surface area contributed by atoms with Gasteiger partial charge in [-0.05, 0) is 40.9 Å². The van der Waals surface area contributed by atoms with E-state index in [1.165, 1.54) is 11.1 Å². The minimum Gasteiger partial charge on any atom is -0.387 e. The molecule has 0 fully saturated rings. The van der Waals surface area contributed by atoms with E-state index >= 15 is 0 Å². The van der Waals surface area contributed by atoms with Gasteiger partial charge in [-0.3, -0.25) is 4.79 Å². The van der Waals surface area contributed by atoms with Gasteiger partial charge in [-0.25, -0.2) is 0 Å². The van der Waals surface area contributed by atoms with E-state index in [2.05, 4.69) is 28.3 Å². The van der Waals surface area contributed by atoms with Crippen molar-refractivity contribution in [3.8, 4) is 0 Å². The summed E-state index contributed by atoms with van der Waals surface area (Å²) in [7, 11) is 1.81. The fourth-order valence-corrected chi connectivity index (χ4v) is 2.59. The van der Waals surface area contributed by atoms with E-state index in [9.17, 15) is 4.79 Å². The van der Waals surface area contributed by atoms with E-state index in [1.807, 2.05) is 31.3 Å². The maximum atomic E-state index is 12.1. The number of carbonyl (C=O) groups is 1. The van der Waals surface area contributed by atoms with Crippen molar-refractivity contribution in [2.45, 2.75) is 13.5 Å². The second-order valence-corrected chi connectivity index (χ2v) is 4.80. The molecule has 0 bridgehead atoms. The number of aryl methyl sites for hydroxylation is 1. The van der Waals surface area contributed by atoms with Crippen LogP contribution in [0, 0.1) is 6.92 Å². The number of thiophene rings is 1. The molecule has 2 aromatic rings. The molecular weight excluding hydrogens is 244 g/mol. The summed E-state index contributed by atoms with van der Waals surface area (Å²) in [5.41, 5.74) is 3.92. The molecule has 3 nitrogen and oxygen atoms in total. The number of amides is 1. The summed E-state index contributed by atoms with van der Waals surface area (Å²) < 4.78 is 0. The molecule has 0 aliphatic rings. The Kier molecular flexibility index (Phi) is 3.99. The van der Waals surface area contributed by atoms with Crippen molar-refractivity contribution in [3.63, 3.8) is 0 Å². The number of carbonyl (C=O) groups excluding carboxylic acids is 1. The summed E-state index contributed by atoms with van der Waals surface area (Å²) in [6.07, 6.45) is 0. The fourth-order valence-electron chi connectivity index (χ4n) is 1.74. The van der Waals surface area contributed by atoms with Crippen LogP contribution < -0.4 is 10.6 Å². The van der Waals surface area contributed by atoms with Gasteiger partial charge in [0.1, 0.15) is 0 Å². The van der Waals surface area contributed by atoms with Crippen molar-refractivity contribution in [2.75, 3.05) is 12.4 Å². The third kappa shape index (κ3) is 2.71. The zero-order chi connectivity index (χ0) is 13.0. The van der Waals surface area contributed by atoms with Gasteiger partial charge in [-0.15, -0.1) is 0 Å². The van der Waals surface area contributed by atoms with Crippen molar-refractivity contribution in [1.29, 1.82) is 0 Å². The zero-order valence-electron chi connectivity index (χ0n) is 10.5. The Labute approximate surface area is 111 Å². The molecule has 0 unspecified atom stereocenters. The maximum absolute atomic E-state index is 12.1. The van der Waals surface area contributed by atoms with E-state index in [-0.39, 0.29) is 5.91 Å². The minimum atomic E-state index is -0.0504. The van der Waals surface area contributed by atoms with E-state index in [0.29, 0.717) is 12.1 Å². The van der Waals surface area contributed by atoms with E-state index in [4.69, 9.17) is 0 Å². The Bertz CT molecular complexity index is 548. The molecule has 1 heterocycles. The lowest BCUT2D eigenvalue weighted by Crippen LogP contribution is -2.23. The molecule has 1 aromatic heterocycles. The van der Waals surface area contributed by atoms with Gasteiger partial charge in [-0.1, -0.05) is 12.1 Å². The number of rotatable bonds is 4. The molecule has 0 spiro atoms. The van der Waals surface area contributed by atoms with Crippen LogP contribution in [0.1, 0.15) is 21.5 Å². The first-order valence-corrected chi connectivity index (χ1v) is 6.73. The molecule has 4 heteroatoms. The second-order valence-electron chi connectivity index (χ2n) is 4.06. The van der Waals surface area contributed by atoms with Crippen LogP contribution in [0.5, 0.6) is 0 Å². The molecule has 0 atom stereocenters. The lowest BCUT2D eigenvalue weighted by molar-refractivity contribution is 0.0951. The first-order valence-electron chi connectivity index (χ1n) is 5.79. The summed E-state index contributed by atoms with van der Waals surface area (Å²) in [6, 6.07) is 7.49. The van der Waals surface area contributed by atoms with Gasteiger partial charge in [0.25, 0.3) is 5.91 Å². The van der Waals surface area contributed by atoms with Gasteiger partial charge in [0.2, 0.25) is 0 Å². The topological polar surface area (TPSA) is 41.1 Å². The third-order valence-corrected chi connectivity index (χ3v) is 3.75. The number of hydrogen-bond acceptors (Lipinski definition) is 3. The van der Waals surface area contributed by atoms with Gasteiger partial charge in [0, 0.05) is 19.3 Å². The lowest BCUT2D eigenvalue weighted by atomic mass is 10.1.